The van der Waals surface area contributed by atoms with Crippen molar-refractivity contribution in [3.63, 3.8) is 0 Å². The summed E-state index contributed by atoms with van der Waals surface area (Å²) in [6.45, 7) is 3.43. The van der Waals surface area contributed by atoms with E-state index in [9.17, 15) is 4.79 Å². The molecule has 2 aromatic rings. The predicted octanol–water partition coefficient (Wildman–Crippen LogP) is 2.12. The zero-order valence-corrected chi connectivity index (χ0v) is 13.2. The van der Waals surface area contributed by atoms with Crippen molar-refractivity contribution in [1.29, 1.82) is 0 Å². The molecule has 0 aromatic carbocycles. The summed E-state index contributed by atoms with van der Waals surface area (Å²) in [7, 11) is 0. The van der Waals surface area contributed by atoms with Crippen LogP contribution >= 0.6 is 15.9 Å². The normalized spacial score (nSPS) is 17.9. The largest absolute Gasteiger partial charge is 0.465 e. The third-order valence-corrected chi connectivity index (χ3v) is 4.53. The summed E-state index contributed by atoms with van der Waals surface area (Å²) in [6, 6.07) is 0. The Balaban J connectivity index is 1.81. The molecule has 3 heterocycles. The topological polar surface area (TPSA) is 82.8 Å². The lowest BCUT2D eigenvalue weighted by Crippen LogP contribution is -2.53. The number of piperidine rings is 1. The second-order valence-electron chi connectivity index (χ2n) is 5.50. The van der Waals surface area contributed by atoms with Gasteiger partial charge in [-0.3, -0.25) is 4.40 Å². The maximum absolute atomic E-state index is 10.8. The molecule has 112 valence electrons. The molecular formula is C13H16BrN5O2. The van der Waals surface area contributed by atoms with E-state index in [0.717, 1.165) is 42.0 Å². The summed E-state index contributed by atoms with van der Waals surface area (Å²) >= 11 is 3.45. The lowest BCUT2D eigenvalue weighted by Gasteiger charge is -2.39. The Morgan fingerprint density at radius 2 is 2.14 bits per heavy atom. The van der Waals surface area contributed by atoms with Crippen molar-refractivity contribution < 1.29 is 9.90 Å². The Morgan fingerprint density at radius 3 is 2.81 bits per heavy atom. The summed E-state index contributed by atoms with van der Waals surface area (Å²) in [5.41, 5.74) is 0.433. The van der Waals surface area contributed by atoms with E-state index in [1.54, 1.807) is 12.4 Å². The summed E-state index contributed by atoms with van der Waals surface area (Å²) < 4.78 is 2.82. The van der Waals surface area contributed by atoms with Crippen LogP contribution in [0.4, 0.5) is 10.6 Å². The van der Waals surface area contributed by atoms with Crippen molar-refractivity contribution in [2.75, 3.05) is 18.0 Å². The number of aromatic nitrogens is 3. The van der Waals surface area contributed by atoms with Gasteiger partial charge in [-0.2, -0.15) is 0 Å². The monoisotopic (exact) mass is 353 g/mol. The summed E-state index contributed by atoms with van der Waals surface area (Å²) in [5, 5.41) is 11.5. The van der Waals surface area contributed by atoms with Gasteiger partial charge in [0, 0.05) is 31.0 Å². The van der Waals surface area contributed by atoms with Gasteiger partial charge in [-0.15, -0.1) is 0 Å². The van der Waals surface area contributed by atoms with Crippen LogP contribution in [0.15, 0.2) is 23.2 Å². The van der Waals surface area contributed by atoms with E-state index in [0.29, 0.717) is 0 Å². The van der Waals surface area contributed by atoms with Crippen LogP contribution in [0.3, 0.4) is 0 Å². The minimum Gasteiger partial charge on any atom is -0.465 e. The first-order valence-corrected chi connectivity index (χ1v) is 7.51. The first-order valence-electron chi connectivity index (χ1n) is 6.72. The Labute approximate surface area is 130 Å². The number of nitrogens with one attached hydrogen (secondary N) is 1. The third-order valence-electron chi connectivity index (χ3n) is 3.94. The van der Waals surface area contributed by atoms with Gasteiger partial charge in [0.05, 0.1) is 6.20 Å². The highest BCUT2D eigenvalue weighted by Gasteiger charge is 2.32. The Morgan fingerprint density at radius 1 is 1.43 bits per heavy atom. The lowest BCUT2D eigenvalue weighted by molar-refractivity contribution is 0.173. The van der Waals surface area contributed by atoms with Gasteiger partial charge in [0.2, 0.25) is 0 Å². The van der Waals surface area contributed by atoms with Crippen molar-refractivity contribution in [1.82, 2.24) is 19.7 Å². The molecule has 1 aliphatic heterocycles. The van der Waals surface area contributed by atoms with Crippen LogP contribution in [0, 0.1) is 0 Å². The molecule has 7 nitrogen and oxygen atoms in total. The molecule has 21 heavy (non-hydrogen) atoms. The molecule has 2 N–H and O–H groups in total. The number of halogens is 1. The van der Waals surface area contributed by atoms with E-state index in [4.69, 9.17) is 5.11 Å². The van der Waals surface area contributed by atoms with Crippen molar-refractivity contribution in [2.45, 2.75) is 25.3 Å². The molecule has 2 aromatic heterocycles. The van der Waals surface area contributed by atoms with Crippen LogP contribution in [0.5, 0.6) is 0 Å². The lowest BCUT2D eigenvalue weighted by atomic mass is 9.90. The Bertz CT molecular complexity index is 678. The van der Waals surface area contributed by atoms with E-state index < -0.39 is 6.09 Å². The van der Waals surface area contributed by atoms with Crippen molar-refractivity contribution in [3.8, 4) is 0 Å². The SMILES string of the molecule is CC1(NC(=O)O)CCN(c2nccn3c(Br)cnc23)CC1. The molecule has 1 saturated heterocycles. The first kappa shape index (κ1) is 14.1. The average Bonchev–Trinajstić information content (AvgIpc) is 2.81. The number of anilines is 1. The molecule has 1 amide bonds. The molecule has 0 bridgehead atoms. The van der Waals surface area contributed by atoms with Gasteiger partial charge in [0.15, 0.2) is 11.5 Å². The highest BCUT2D eigenvalue weighted by molar-refractivity contribution is 9.10. The average molecular weight is 354 g/mol. The fraction of sp³-hybridized carbons (Fsp3) is 0.462. The highest BCUT2D eigenvalue weighted by atomic mass is 79.9. The van der Waals surface area contributed by atoms with E-state index >= 15 is 0 Å². The maximum Gasteiger partial charge on any atom is 0.405 e. The van der Waals surface area contributed by atoms with Gasteiger partial charge in [0.1, 0.15) is 4.60 Å². The Hall–Kier alpha value is -1.83. The molecule has 0 radical (unpaired) electrons. The standard InChI is InChI=1S/C13H16BrN5O2/c1-13(17-12(20)21)2-5-18(6-3-13)10-11-16-8-9(14)19(11)7-4-15-10/h4,7-8,17H,2-3,5-6H2,1H3,(H,20,21). The van der Waals surface area contributed by atoms with Crippen LogP contribution in [0.2, 0.25) is 0 Å². The van der Waals surface area contributed by atoms with E-state index in [-0.39, 0.29) is 5.54 Å². The molecule has 0 unspecified atom stereocenters. The van der Waals surface area contributed by atoms with Gasteiger partial charge in [-0.05, 0) is 35.7 Å². The van der Waals surface area contributed by atoms with Crippen LogP contribution in [0.25, 0.3) is 5.65 Å². The van der Waals surface area contributed by atoms with E-state index in [1.165, 1.54) is 0 Å². The van der Waals surface area contributed by atoms with E-state index in [1.807, 2.05) is 17.5 Å². The zero-order chi connectivity index (χ0) is 15.0. The number of imidazole rings is 1. The smallest absolute Gasteiger partial charge is 0.405 e. The fourth-order valence-electron chi connectivity index (χ4n) is 2.69. The second kappa shape index (κ2) is 5.18. The number of carboxylic acid groups (broad SMARTS) is 1. The van der Waals surface area contributed by atoms with Crippen molar-refractivity contribution in [3.05, 3.63) is 23.2 Å². The maximum atomic E-state index is 10.8. The number of hydrogen-bond acceptors (Lipinski definition) is 4. The third kappa shape index (κ3) is 2.67. The molecule has 0 saturated carbocycles. The van der Waals surface area contributed by atoms with Gasteiger partial charge in [-0.1, -0.05) is 0 Å². The zero-order valence-electron chi connectivity index (χ0n) is 11.6. The molecule has 8 heteroatoms. The number of amides is 1. The van der Waals surface area contributed by atoms with Crippen LogP contribution < -0.4 is 10.2 Å². The van der Waals surface area contributed by atoms with Crippen molar-refractivity contribution >= 4 is 33.5 Å². The Kier molecular flexibility index (Phi) is 3.48. The fourth-order valence-corrected chi connectivity index (χ4v) is 3.08. The number of rotatable bonds is 2. The molecule has 1 fully saturated rings. The van der Waals surface area contributed by atoms with Gasteiger partial charge < -0.3 is 15.3 Å². The summed E-state index contributed by atoms with van der Waals surface area (Å²) in [4.78, 5) is 21.8. The molecule has 1 aliphatic rings. The molecule has 3 rings (SSSR count). The van der Waals surface area contributed by atoms with Crippen LogP contribution in [-0.4, -0.2) is 44.2 Å². The number of nitrogens with zero attached hydrogens (tertiary/aromatic N) is 4. The number of carbonyl (C=O) groups is 1. The number of hydrogen-bond donors (Lipinski definition) is 2. The molecule has 0 atom stereocenters. The summed E-state index contributed by atoms with van der Waals surface area (Å²) in [6.07, 6.45) is 5.87. The van der Waals surface area contributed by atoms with Crippen molar-refractivity contribution in [2.24, 2.45) is 0 Å². The molecule has 0 aliphatic carbocycles. The minimum absolute atomic E-state index is 0.372. The molecule has 0 spiro atoms. The molecular weight excluding hydrogens is 338 g/mol. The minimum atomic E-state index is -0.969. The van der Waals surface area contributed by atoms with E-state index in [2.05, 4.69) is 36.1 Å². The second-order valence-corrected chi connectivity index (χ2v) is 6.32. The van der Waals surface area contributed by atoms with Gasteiger partial charge in [-0.25, -0.2) is 14.8 Å². The first-order chi connectivity index (χ1) is 9.98. The summed E-state index contributed by atoms with van der Waals surface area (Å²) in [5.74, 6) is 0.834. The highest BCUT2D eigenvalue weighted by Crippen LogP contribution is 2.28. The predicted molar refractivity (Wildman–Crippen MR) is 81.7 cm³/mol. The number of fused-ring (bicyclic) bond motifs is 1. The van der Waals surface area contributed by atoms with Crippen LogP contribution in [-0.2, 0) is 0 Å². The van der Waals surface area contributed by atoms with Gasteiger partial charge >= 0.3 is 6.09 Å². The van der Waals surface area contributed by atoms with Gasteiger partial charge in [0.25, 0.3) is 0 Å². The quantitative estimate of drug-likeness (QED) is 0.863. The van der Waals surface area contributed by atoms with Crippen LogP contribution in [0.1, 0.15) is 19.8 Å².